The average molecular weight is 356 g/mol. The Morgan fingerprint density at radius 3 is 2.38 bits per heavy atom. The lowest BCUT2D eigenvalue weighted by Gasteiger charge is -2.16. The van der Waals surface area contributed by atoms with Gasteiger partial charge in [0.05, 0.1) is 12.3 Å². The first-order valence-corrected chi connectivity index (χ1v) is 8.62. The molecule has 26 heavy (non-hydrogen) atoms. The van der Waals surface area contributed by atoms with Gasteiger partial charge in [0.1, 0.15) is 11.5 Å². The number of carbonyl (C=O) groups is 2. The molecule has 0 aliphatic heterocycles. The summed E-state index contributed by atoms with van der Waals surface area (Å²) < 4.78 is 11.2. The molecule has 0 aromatic heterocycles. The number of amides is 2. The van der Waals surface area contributed by atoms with Crippen molar-refractivity contribution in [3.8, 4) is 11.5 Å². The number of hydrogen-bond acceptors (Lipinski definition) is 4. The SMILES string of the molecule is CCNC(=O)c1ccc(OC(C)C(=O)Nc2ccccc2OCC)cc1. The normalized spacial score (nSPS) is 11.3. The summed E-state index contributed by atoms with van der Waals surface area (Å²) in [5, 5.41) is 5.54. The summed E-state index contributed by atoms with van der Waals surface area (Å²) in [6, 6.07) is 13.9. The summed E-state index contributed by atoms with van der Waals surface area (Å²) in [5.41, 5.74) is 1.14. The van der Waals surface area contributed by atoms with Gasteiger partial charge in [-0.2, -0.15) is 0 Å². The van der Waals surface area contributed by atoms with Crippen molar-refractivity contribution in [3.05, 3.63) is 54.1 Å². The van der Waals surface area contributed by atoms with Gasteiger partial charge in [0, 0.05) is 12.1 Å². The molecule has 1 unspecified atom stereocenters. The van der Waals surface area contributed by atoms with Gasteiger partial charge in [-0.1, -0.05) is 12.1 Å². The summed E-state index contributed by atoms with van der Waals surface area (Å²) >= 11 is 0. The van der Waals surface area contributed by atoms with E-state index in [0.29, 0.717) is 35.9 Å². The van der Waals surface area contributed by atoms with Crippen molar-refractivity contribution in [1.82, 2.24) is 5.32 Å². The number of hydrogen-bond donors (Lipinski definition) is 2. The molecular formula is C20H24N2O4. The van der Waals surface area contributed by atoms with Crippen molar-refractivity contribution in [3.63, 3.8) is 0 Å². The molecule has 2 N–H and O–H groups in total. The van der Waals surface area contributed by atoms with Crippen molar-refractivity contribution in [2.75, 3.05) is 18.5 Å². The van der Waals surface area contributed by atoms with Crippen molar-refractivity contribution < 1.29 is 19.1 Å². The van der Waals surface area contributed by atoms with Crippen LogP contribution >= 0.6 is 0 Å². The zero-order chi connectivity index (χ0) is 18.9. The summed E-state index contributed by atoms with van der Waals surface area (Å²) in [6.07, 6.45) is -0.708. The number of ether oxygens (including phenoxy) is 2. The highest BCUT2D eigenvalue weighted by molar-refractivity contribution is 5.95. The molecular weight excluding hydrogens is 332 g/mol. The van der Waals surface area contributed by atoms with Gasteiger partial charge < -0.3 is 20.1 Å². The van der Waals surface area contributed by atoms with Crippen LogP contribution in [0.5, 0.6) is 11.5 Å². The molecule has 138 valence electrons. The topological polar surface area (TPSA) is 76.7 Å². The van der Waals surface area contributed by atoms with Gasteiger partial charge in [-0.25, -0.2) is 0 Å². The zero-order valence-electron chi connectivity index (χ0n) is 15.2. The molecule has 0 saturated carbocycles. The second kappa shape index (κ2) is 9.46. The van der Waals surface area contributed by atoms with E-state index in [9.17, 15) is 9.59 Å². The molecule has 0 aliphatic carbocycles. The summed E-state index contributed by atoms with van der Waals surface area (Å²) in [5.74, 6) is 0.697. The van der Waals surface area contributed by atoms with Gasteiger partial charge in [0.15, 0.2) is 6.10 Å². The van der Waals surface area contributed by atoms with Crippen LogP contribution in [-0.2, 0) is 4.79 Å². The van der Waals surface area contributed by atoms with Crippen LogP contribution in [0.3, 0.4) is 0 Å². The quantitative estimate of drug-likeness (QED) is 0.761. The minimum absolute atomic E-state index is 0.141. The maximum atomic E-state index is 12.4. The molecule has 1 atom stereocenters. The third kappa shape index (κ3) is 5.24. The number of carbonyl (C=O) groups excluding carboxylic acids is 2. The van der Waals surface area contributed by atoms with Crippen LogP contribution in [0.15, 0.2) is 48.5 Å². The highest BCUT2D eigenvalue weighted by Crippen LogP contribution is 2.24. The van der Waals surface area contributed by atoms with E-state index < -0.39 is 6.10 Å². The number of benzene rings is 2. The van der Waals surface area contributed by atoms with Crippen molar-refractivity contribution in [1.29, 1.82) is 0 Å². The highest BCUT2D eigenvalue weighted by atomic mass is 16.5. The van der Waals surface area contributed by atoms with Crippen LogP contribution in [0.4, 0.5) is 5.69 Å². The molecule has 2 aromatic carbocycles. The monoisotopic (exact) mass is 356 g/mol. The minimum Gasteiger partial charge on any atom is -0.492 e. The molecule has 0 aliphatic rings. The lowest BCUT2D eigenvalue weighted by Crippen LogP contribution is -2.30. The number of rotatable bonds is 8. The van der Waals surface area contributed by atoms with Gasteiger partial charge in [-0.15, -0.1) is 0 Å². The van der Waals surface area contributed by atoms with Crippen LogP contribution in [0.25, 0.3) is 0 Å². The first-order valence-electron chi connectivity index (χ1n) is 8.62. The molecule has 6 heteroatoms. The molecule has 0 fully saturated rings. The Balaban J connectivity index is 1.98. The molecule has 2 rings (SSSR count). The number of para-hydroxylation sites is 2. The highest BCUT2D eigenvalue weighted by Gasteiger charge is 2.17. The van der Waals surface area contributed by atoms with E-state index in [0.717, 1.165) is 0 Å². The molecule has 0 radical (unpaired) electrons. The lowest BCUT2D eigenvalue weighted by atomic mass is 10.2. The largest absolute Gasteiger partial charge is 0.492 e. The fourth-order valence-electron chi connectivity index (χ4n) is 2.29. The molecule has 2 aromatic rings. The Hall–Kier alpha value is -3.02. The first-order chi connectivity index (χ1) is 12.5. The van der Waals surface area contributed by atoms with Crippen LogP contribution in [0, 0.1) is 0 Å². The molecule has 0 bridgehead atoms. The fraction of sp³-hybridized carbons (Fsp3) is 0.300. The maximum Gasteiger partial charge on any atom is 0.265 e. The molecule has 0 spiro atoms. The second-order valence-corrected chi connectivity index (χ2v) is 5.56. The van der Waals surface area contributed by atoms with E-state index in [1.807, 2.05) is 26.0 Å². The first kappa shape index (κ1) is 19.3. The predicted molar refractivity (Wildman–Crippen MR) is 101 cm³/mol. The van der Waals surface area contributed by atoms with Crippen molar-refractivity contribution >= 4 is 17.5 Å². The average Bonchev–Trinajstić information content (AvgIpc) is 2.64. The van der Waals surface area contributed by atoms with E-state index >= 15 is 0 Å². The van der Waals surface area contributed by atoms with Gasteiger partial charge in [-0.3, -0.25) is 9.59 Å². The Labute approximate surface area is 153 Å². The number of nitrogens with one attached hydrogen (secondary N) is 2. The Morgan fingerprint density at radius 1 is 1.04 bits per heavy atom. The van der Waals surface area contributed by atoms with Crippen LogP contribution < -0.4 is 20.1 Å². The van der Waals surface area contributed by atoms with Crippen LogP contribution in [0.2, 0.25) is 0 Å². The second-order valence-electron chi connectivity index (χ2n) is 5.56. The van der Waals surface area contributed by atoms with Gasteiger partial charge in [0.2, 0.25) is 0 Å². The van der Waals surface area contributed by atoms with E-state index in [2.05, 4.69) is 10.6 Å². The smallest absolute Gasteiger partial charge is 0.265 e. The Bertz CT molecular complexity index is 744. The fourth-order valence-corrected chi connectivity index (χ4v) is 2.29. The Morgan fingerprint density at radius 2 is 1.73 bits per heavy atom. The zero-order valence-corrected chi connectivity index (χ0v) is 15.2. The predicted octanol–water partition coefficient (Wildman–Crippen LogP) is 3.24. The molecule has 2 amide bonds. The third-order valence-corrected chi connectivity index (χ3v) is 3.58. The van der Waals surface area contributed by atoms with E-state index in [1.165, 1.54) is 0 Å². The van der Waals surface area contributed by atoms with Gasteiger partial charge in [0.25, 0.3) is 11.8 Å². The number of anilines is 1. The lowest BCUT2D eigenvalue weighted by molar-refractivity contribution is -0.122. The summed E-state index contributed by atoms with van der Waals surface area (Å²) in [4.78, 5) is 24.1. The van der Waals surface area contributed by atoms with Crippen LogP contribution in [0.1, 0.15) is 31.1 Å². The maximum absolute atomic E-state index is 12.4. The summed E-state index contributed by atoms with van der Waals surface area (Å²) in [6.45, 7) is 6.48. The van der Waals surface area contributed by atoms with E-state index in [-0.39, 0.29) is 11.8 Å². The molecule has 0 heterocycles. The molecule has 6 nitrogen and oxygen atoms in total. The molecule has 0 saturated heterocycles. The third-order valence-electron chi connectivity index (χ3n) is 3.58. The van der Waals surface area contributed by atoms with Crippen molar-refractivity contribution in [2.24, 2.45) is 0 Å². The minimum atomic E-state index is -0.708. The van der Waals surface area contributed by atoms with Gasteiger partial charge in [-0.05, 0) is 57.2 Å². The van der Waals surface area contributed by atoms with Gasteiger partial charge >= 0.3 is 0 Å². The standard InChI is InChI=1S/C20H24N2O4/c1-4-21-20(24)15-10-12-16(13-11-15)26-14(3)19(23)22-17-8-6-7-9-18(17)25-5-2/h6-14H,4-5H2,1-3H3,(H,21,24)(H,22,23). The van der Waals surface area contributed by atoms with E-state index in [1.54, 1.807) is 43.3 Å². The van der Waals surface area contributed by atoms with Crippen LogP contribution in [-0.4, -0.2) is 31.1 Å². The summed E-state index contributed by atoms with van der Waals surface area (Å²) in [7, 11) is 0. The van der Waals surface area contributed by atoms with Crippen molar-refractivity contribution in [2.45, 2.75) is 26.9 Å². The van der Waals surface area contributed by atoms with E-state index in [4.69, 9.17) is 9.47 Å². The Kier molecular flexibility index (Phi) is 7.02.